The number of rotatable bonds is 5. The maximum Gasteiger partial charge on any atom is 0.0937 e. The molecule has 3 nitrogen and oxygen atoms in total. The van der Waals surface area contributed by atoms with E-state index in [1.165, 1.54) is 34.7 Å². The summed E-state index contributed by atoms with van der Waals surface area (Å²) in [5, 5.41) is 10.2. The van der Waals surface area contributed by atoms with Gasteiger partial charge < -0.3 is 10.6 Å². The molecule has 2 N–H and O–H groups in total. The van der Waals surface area contributed by atoms with Gasteiger partial charge in [0.2, 0.25) is 0 Å². The van der Waals surface area contributed by atoms with Gasteiger partial charge in [0.25, 0.3) is 0 Å². The Balaban J connectivity index is 1.50. The molecule has 19 heavy (non-hydrogen) atoms. The van der Waals surface area contributed by atoms with E-state index in [4.69, 9.17) is 0 Å². The molecule has 0 radical (unpaired) electrons. The molecule has 1 aromatic carbocycles. The molecule has 0 saturated carbocycles. The lowest BCUT2D eigenvalue weighted by molar-refractivity contribution is 0.684. The number of thiazole rings is 1. The van der Waals surface area contributed by atoms with Crippen molar-refractivity contribution in [3.8, 4) is 0 Å². The van der Waals surface area contributed by atoms with Crippen molar-refractivity contribution in [1.82, 2.24) is 10.3 Å². The van der Waals surface area contributed by atoms with Crippen LogP contribution in [0.1, 0.15) is 22.6 Å². The van der Waals surface area contributed by atoms with Gasteiger partial charge in [-0.15, -0.1) is 11.3 Å². The third-order valence-electron chi connectivity index (χ3n) is 3.44. The molecule has 0 spiro atoms. The molecule has 4 heteroatoms. The zero-order valence-electron chi connectivity index (χ0n) is 11.0. The molecule has 3 rings (SSSR count). The van der Waals surface area contributed by atoms with E-state index in [0.29, 0.717) is 0 Å². The minimum Gasteiger partial charge on any atom is -0.385 e. The smallest absolute Gasteiger partial charge is 0.0937 e. The molecule has 1 aromatic heterocycles. The predicted octanol–water partition coefficient (Wildman–Crippen LogP) is 2.83. The fraction of sp³-hybridized carbons (Fsp3) is 0.400. The first-order valence-corrected chi connectivity index (χ1v) is 7.74. The van der Waals surface area contributed by atoms with E-state index in [9.17, 15) is 0 Å². The average molecular weight is 273 g/mol. The molecule has 0 saturated heterocycles. The second kappa shape index (κ2) is 6.17. The normalized spacial score (nSPS) is 13.9. The molecule has 2 heterocycles. The van der Waals surface area contributed by atoms with Gasteiger partial charge >= 0.3 is 0 Å². The summed E-state index contributed by atoms with van der Waals surface area (Å²) in [5.74, 6) is 0. The maximum atomic E-state index is 4.29. The highest BCUT2D eigenvalue weighted by atomic mass is 32.1. The summed E-state index contributed by atoms with van der Waals surface area (Å²) >= 11 is 1.73. The summed E-state index contributed by atoms with van der Waals surface area (Å²) in [7, 11) is 0. The maximum absolute atomic E-state index is 4.29. The highest BCUT2D eigenvalue weighted by Gasteiger charge is 2.08. The van der Waals surface area contributed by atoms with Crippen molar-refractivity contribution in [1.29, 1.82) is 0 Å². The van der Waals surface area contributed by atoms with E-state index < -0.39 is 0 Å². The first kappa shape index (κ1) is 12.6. The molecule has 1 aliphatic heterocycles. The molecule has 0 atom stereocenters. The van der Waals surface area contributed by atoms with Crippen LogP contribution in [-0.2, 0) is 19.4 Å². The van der Waals surface area contributed by atoms with Crippen molar-refractivity contribution in [2.75, 3.05) is 18.4 Å². The Hall–Kier alpha value is -1.39. The monoisotopic (exact) mass is 273 g/mol. The van der Waals surface area contributed by atoms with Crippen molar-refractivity contribution < 1.29 is 0 Å². The molecule has 0 bridgehead atoms. The van der Waals surface area contributed by atoms with Gasteiger partial charge in [-0.05, 0) is 30.0 Å². The Morgan fingerprint density at radius 3 is 3.26 bits per heavy atom. The zero-order valence-corrected chi connectivity index (χ0v) is 11.8. The van der Waals surface area contributed by atoms with Crippen LogP contribution in [0.2, 0.25) is 0 Å². The Labute approximate surface area is 118 Å². The number of anilines is 1. The van der Waals surface area contributed by atoms with E-state index in [1.807, 2.05) is 11.6 Å². The van der Waals surface area contributed by atoms with Crippen LogP contribution in [0, 0.1) is 0 Å². The number of fused-ring (bicyclic) bond motifs is 1. The van der Waals surface area contributed by atoms with Gasteiger partial charge in [0.1, 0.15) is 0 Å². The van der Waals surface area contributed by atoms with Gasteiger partial charge in [0.05, 0.1) is 5.01 Å². The first-order chi connectivity index (χ1) is 9.42. The highest BCUT2D eigenvalue weighted by molar-refractivity contribution is 7.09. The van der Waals surface area contributed by atoms with Gasteiger partial charge in [-0.3, -0.25) is 0 Å². The molecular formula is C15H19N3S. The average Bonchev–Trinajstić information content (AvgIpc) is 2.97. The van der Waals surface area contributed by atoms with Crippen LogP contribution < -0.4 is 10.6 Å². The van der Waals surface area contributed by atoms with E-state index in [1.54, 1.807) is 11.3 Å². The van der Waals surface area contributed by atoms with Crippen LogP contribution >= 0.6 is 11.3 Å². The van der Waals surface area contributed by atoms with Gasteiger partial charge in [-0.2, -0.15) is 0 Å². The van der Waals surface area contributed by atoms with Crippen molar-refractivity contribution in [3.63, 3.8) is 0 Å². The zero-order chi connectivity index (χ0) is 12.9. The lowest BCUT2D eigenvalue weighted by atomic mass is 10.0. The molecular weight excluding hydrogens is 254 g/mol. The van der Waals surface area contributed by atoms with Gasteiger partial charge in [0, 0.05) is 43.3 Å². The molecule has 0 aliphatic carbocycles. The Kier molecular flexibility index (Phi) is 4.10. The third kappa shape index (κ3) is 3.33. The number of benzene rings is 1. The Morgan fingerprint density at radius 2 is 2.37 bits per heavy atom. The van der Waals surface area contributed by atoms with Crippen molar-refractivity contribution >= 4 is 17.0 Å². The summed E-state index contributed by atoms with van der Waals surface area (Å²) in [6.45, 7) is 3.04. The molecule has 0 amide bonds. The van der Waals surface area contributed by atoms with Crippen LogP contribution in [0.15, 0.2) is 29.8 Å². The molecule has 100 valence electrons. The fourth-order valence-corrected chi connectivity index (χ4v) is 3.06. The molecule has 0 fully saturated rings. The number of hydrogen-bond acceptors (Lipinski definition) is 4. The van der Waals surface area contributed by atoms with E-state index in [0.717, 1.165) is 26.1 Å². The highest BCUT2D eigenvalue weighted by Crippen LogP contribution is 2.22. The number of aryl methyl sites for hydroxylation is 1. The van der Waals surface area contributed by atoms with Crippen LogP contribution in [-0.4, -0.2) is 18.1 Å². The number of nitrogens with one attached hydrogen (secondary N) is 2. The number of hydrogen-bond donors (Lipinski definition) is 2. The molecule has 1 aliphatic rings. The Morgan fingerprint density at radius 1 is 1.37 bits per heavy atom. The lowest BCUT2D eigenvalue weighted by Gasteiger charge is -2.18. The molecule has 2 aromatic rings. The lowest BCUT2D eigenvalue weighted by Crippen LogP contribution is -2.17. The minimum absolute atomic E-state index is 0.943. The summed E-state index contributed by atoms with van der Waals surface area (Å²) in [6, 6.07) is 6.76. The predicted molar refractivity (Wildman–Crippen MR) is 80.8 cm³/mol. The largest absolute Gasteiger partial charge is 0.385 e. The second-order valence-electron chi connectivity index (χ2n) is 4.87. The van der Waals surface area contributed by atoms with Crippen LogP contribution in [0.25, 0.3) is 0 Å². The Bertz CT molecular complexity index is 522. The third-order valence-corrected chi connectivity index (χ3v) is 4.28. The number of aromatic nitrogens is 1. The van der Waals surface area contributed by atoms with E-state index >= 15 is 0 Å². The molecule has 0 unspecified atom stereocenters. The minimum atomic E-state index is 0.943. The summed E-state index contributed by atoms with van der Waals surface area (Å²) in [6.07, 6.45) is 5.34. The van der Waals surface area contributed by atoms with Gasteiger partial charge in [-0.25, -0.2) is 4.98 Å². The SMILES string of the molecule is c1csc(CCNCc2ccc3c(c2)CCCN3)n1. The topological polar surface area (TPSA) is 37.0 Å². The van der Waals surface area contributed by atoms with Crippen molar-refractivity contribution in [3.05, 3.63) is 45.9 Å². The van der Waals surface area contributed by atoms with E-state index in [2.05, 4.69) is 33.8 Å². The quantitative estimate of drug-likeness (QED) is 0.823. The standard InChI is InChI=1S/C15H19N3S/c1-2-13-10-12(3-4-14(13)17-6-1)11-16-7-5-15-18-8-9-19-15/h3-4,8-10,16-17H,1-2,5-7,11H2. The van der Waals surface area contributed by atoms with E-state index in [-0.39, 0.29) is 0 Å². The summed E-state index contributed by atoms with van der Waals surface area (Å²) in [5.41, 5.74) is 4.16. The van der Waals surface area contributed by atoms with Gasteiger partial charge in [0.15, 0.2) is 0 Å². The van der Waals surface area contributed by atoms with Crippen LogP contribution in [0.4, 0.5) is 5.69 Å². The van der Waals surface area contributed by atoms with Crippen molar-refractivity contribution in [2.45, 2.75) is 25.8 Å². The second-order valence-corrected chi connectivity index (χ2v) is 5.85. The summed E-state index contributed by atoms with van der Waals surface area (Å²) < 4.78 is 0. The fourth-order valence-electron chi connectivity index (χ4n) is 2.44. The van der Waals surface area contributed by atoms with Crippen molar-refractivity contribution in [2.24, 2.45) is 0 Å². The van der Waals surface area contributed by atoms with Gasteiger partial charge in [-0.1, -0.05) is 12.1 Å². The van der Waals surface area contributed by atoms with Crippen LogP contribution in [0.5, 0.6) is 0 Å². The summed E-state index contributed by atoms with van der Waals surface area (Å²) in [4.78, 5) is 4.29. The first-order valence-electron chi connectivity index (χ1n) is 6.86. The van der Waals surface area contributed by atoms with Crippen LogP contribution in [0.3, 0.4) is 0 Å². The number of nitrogens with zero attached hydrogens (tertiary/aromatic N) is 1.